The summed E-state index contributed by atoms with van der Waals surface area (Å²) in [4.78, 5) is 24.7. The Morgan fingerprint density at radius 3 is 2.50 bits per heavy atom. The van der Waals surface area contributed by atoms with E-state index in [1.54, 1.807) is 31.2 Å². The van der Waals surface area contributed by atoms with Gasteiger partial charge in [0.25, 0.3) is 11.6 Å². The zero-order valence-electron chi connectivity index (χ0n) is 13.0. The molecule has 1 aliphatic heterocycles. The predicted octanol–water partition coefficient (Wildman–Crippen LogP) is 1.86. The summed E-state index contributed by atoms with van der Waals surface area (Å²) in [5.41, 5.74) is -0.120. The third-order valence-electron chi connectivity index (χ3n) is 3.54. The fraction of sp³-hybridized carbons (Fsp3) is 0.438. The highest BCUT2D eigenvalue weighted by molar-refractivity contribution is 6.03. The summed E-state index contributed by atoms with van der Waals surface area (Å²) in [5, 5.41) is 15.6. The van der Waals surface area contributed by atoms with Crippen molar-refractivity contribution in [1.29, 1.82) is 0 Å². The maximum atomic E-state index is 12.6. The molecule has 118 valence electrons. The molecule has 0 aliphatic carbocycles. The number of ether oxygens (including phenoxy) is 1. The lowest BCUT2D eigenvalue weighted by molar-refractivity contribution is -0.179. The molecule has 6 heteroatoms. The van der Waals surface area contributed by atoms with Crippen LogP contribution in [0.1, 0.15) is 42.6 Å². The Morgan fingerprint density at radius 2 is 1.95 bits per heavy atom. The number of hydrogen-bond acceptors (Lipinski definition) is 5. The number of benzene rings is 1. The summed E-state index contributed by atoms with van der Waals surface area (Å²) in [6.45, 7) is 5.52. The first kappa shape index (κ1) is 16.2. The van der Waals surface area contributed by atoms with Crippen LogP contribution in [0.2, 0.25) is 0 Å². The molecule has 1 N–H and O–H groups in total. The second-order valence-electron chi connectivity index (χ2n) is 5.22. The first-order valence-electron chi connectivity index (χ1n) is 7.29. The minimum atomic E-state index is -2.07. The van der Waals surface area contributed by atoms with Crippen LogP contribution in [0.4, 0.5) is 0 Å². The van der Waals surface area contributed by atoms with E-state index in [4.69, 9.17) is 4.74 Å². The van der Waals surface area contributed by atoms with Crippen molar-refractivity contribution in [2.45, 2.75) is 39.3 Å². The summed E-state index contributed by atoms with van der Waals surface area (Å²) in [6, 6.07) is 6.86. The van der Waals surface area contributed by atoms with Gasteiger partial charge in [-0.1, -0.05) is 24.6 Å². The number of aliphatic hydroxyl groups is 1. The Morgan fingerprint density at radius 1 is 1.32 bits per heavy atom. The number of esters is 1. The number of amides is 1. The number of carbonyl (C=O) groups is 2. The van der Waals surface area contributed by atoms with Gasteiger partial charge in [0, 0.05) is 17.7 Å². The predicted molar refractivity (Wildman–Crippen MR) is 81.3 cm³/mol. The monoisotopic (exact) mass is 304 g/mol. The van der Waals surface area contributed by atoms with Gasteiger partial charge >= 0.3 is 5.97 Å². The first-order valence-corrected chi connectivity index (χ1v) is 7.29. The van der Waals surface area contributed by atoms with Gasteiger partial charge in [-0.3, -0.25) is 4.79 Å². The van der Waals surface area contributed by atoms with Crippen LogP contribution in [0.25, 0.3) is 0 Å². The van der Waals surface area contributed by atoms with Gasteiger partial charge in [-0.2, -0.15) is 10.1 Å². The van der Waals surface area contributed by atoms with Crippen molar-refractivity contribution >= 4 is 17.6 Å². The van der Waals surface area contributed by atoms with Crippen molar-refractivity contribution in [3.63, 3.8) is 0 Å². The maximum Gasteiger partial charge on any atom is 0.362 e. The van der Waals surface area contributed by atoms with Crippen LogP contribution < -0.4 is 0 Å². The van der Waals surface area contributed by atoms with Gasteiger partial charge in [0.15, 0.2) is 0 Å². The third-order valence-corrected chi connectivity index (χ3v) is 3.54. The van der Waals surface area contributed by atoms with E-state index >= 15 is 0 Å². The molecule has 2 rings (SSSR count). The molecule has 0 radical (unpaired) electrons. The molecule has 6 nitrogen and oxygen atoms in total. The van der Waals surface area contributed by atoms with Crippen LogP contribution >= 0.6 is 0 Å². The average molecular weight is 304 g/mol. The SMILES string of the molecule is CCOC(=O)C1(O)CC(CC)=NN1C(=O)c1ccc(C)cc1. The summed E-state index contributed by atoms with van der Waals surface area (Å²) in [6.07, 6.45) is 0.513. The number of nitrogens with zero attached hydrogens (tertiary/aromatic N) is 2. The van der Waals surface area contributed by atoms with Crippen LogP contribution in [-0.4, -0.2) is 40.0 Å². The van der Waals surface area contributed by atoms with Crippen molar-refractivity contribution < 1.29 is 19.4 Å². The van der Waals surface area contributed by atoms with Gasteiger partial charge in [-0.05, 0) is 32.4 Å². The molecule has 1 unspecified atom stereocenters. The Bertz CT molecular complexity index is 609. The Hall–Kier alpha value is -2.21. The van der Waals surface area contributed by atoms with Crippen LogP contribution in [0, 0.1) is 6.92 Å². The number of hydrogen-bond donors (Lipinski definition) is 1. The molecule has 0 saturated heterocycles. The summed E-state index contributed by atoms with van der Waals surface area (Å²) in [5.74, 6) is -1.39. The molecule has 0 saturated carbocycles. The Kier molecular flexibility index (Phi) is 4.61. The van der Waals surface area contributed by atoms with Crippen LogP contribution in [0.5, 0.6) is 0 Å². The Balaban J connectivity index is 2.35. The quantitative estimate of drug-likeness (QED) is 0.861. The van der Waals surface area contributed by atoms with E-state index in [0.29, 0.717) is 17.7 Å². The van der Waals surface area contributed by atoms with Crippen molar-refractivity contribution in [2.75, 3.05) is 6.61 Å². The fourth-order valence-corrected chi connectivity index (χ4v) is 2.25. The summed E-state index contributed by atoms with van der Waals surface area (Å²) in [7, 11) is 0. The minimum absolute atomic E-state index is 0.0278. The average Bonchev–Trinajstić information content (AvgIpc) is 2.86. The molecular formula is C16H20N2O4. The van der Waals surface area contributed by atoms with E-state index in [1.807, 2.05) is 13.8 Å². The molecule has 0 spiro atoms. The lowest BCUT2D eigenvalue weighted by atomic mass is 10.0. The van der Waals surface area contributed by atoms with Crippen LogP contribution in [0.3, 0.4) is 0 Å². The number of carbonyl (C=O) groups excluding carboxylic acids is 2. The topological polar surface area (TPSA) is 79.2 Å². The minimum Gasteiger partial charge on any atom is -0.462 e. The lowest BCUT2D eigenvalue weighted by Gasteiger charge is -2.28. The molecule has 1 atom stereocenters. The fourth-order valence-electron chi connectivity index (χ4n) is 2.25. The Labute approximate surface area is 129 Å². The molecule has 1 aromatic rings. The smallest absolute Gasteiger partial charge is 0.362 e. The lowest BCUT2D eigenvalue weighted by Crippen LogP contribution is -2.53. The highest BCUT2D eigenvalue weighted by Crippen LogP contribution is 2.29. The largest absolute Gasteiger partial charge is 0.462 e. The molecule has 1 heterocycles. The highest BCUT2D eigenvalue weighted by Gasteiger charge is 2.51. The molecule has 0 bridgehead atoms. The normalized spacial score (nSPS) is 20.7. The highest BCUT2D eigenvalue weighted by atomic mass is 16.6. The standard InChI is InChI=1S/C16H20N2O4/c1-4-13-10-16(21,15(20)22-5-2)18(17-13)14(19)12-8-6-11(3)7-9-12/h6-9,21H,4-5,10H2,1-3H3. The van der Waals surface area contributed by atoms with E-state index < -0.39 is 17.6 Å². The van der Waals surface area contributed by atoms with Gasteiger partial charge in [-0.15, -0.1) is 0 Å². The number of hydrazone groups is 1. The zero-order chi connectivity index (χ0) is 16.3. The van der Waals surface area contributed by atoms with E-state index in [2.05, 4.69) is 5.10 Å². The molecule has 22 heavy (non-hydrogen) atoms. The molecular weight excluding hydrogens is 284 g/mol. The van der Waals surface area contributed by atoms with Crippen molar-refractivity contribution in [3.8, 4) is 0 Å². The van der Waals surface area contributed by atoms with E-state index in [9.17, 15) is 14.7 Å². The zero-order valence-corrected chi connectivity index (χ0v) is 13.0. The van der Waals surface area contributed by atoms with Crippen molar-refractivity contribution in [2.24, 2.45) is 5.10 Å². The number of rotatable bonds is 4. The van der Waals surface area contributed by atoms with E-state index in [-0.39, 0.29) is 13.0 Å². The first-order chi connectivity index (χ1) is 10.4. The van der Waals surface area contributed by atoms with Crippen LogP contribution in [-0.2, 0) is 9.53 Å². The van der Waals surface area contributed by atoms with Gasteiger partial charge in [0.1, 0.15) is 0 Å². The van der Waals surface area contributed by atoms with Gasteiger partial charge in [-0.25, -0.2) is 4.79 Å². The summed E-state index contributed by atoms with van der Waals surface area (Å²) >= 11 is 0. The van der Waals surface area contributed by atoms with Gasteiger partial charge in [0.2, 0.25) is 0 Å². The molecule has 0 fully saturated rings. The third kappa shape index (κ3) is 2.87. The van der Waals surface area contributed by atoms with Gasteiger partial charge in [0.05, 0.1) is 6.61 Å². The van der Waals surface area contributed by atoms with Crippen molar-refractivity contribution in [3.05, 3.63) is 35.4 Å². The molecule has 0 aromatic heterocycles. The second-order valence-corrected chi connectivity index (χ2v) is 5.22. The van der Waals surface area contributed by atoms with E-state index in [1.165, 1.54) is 0 Å². The summed E-state index contributed by atoms with van der Waals surface area (Å²) < 4.78 is 4.90. The number of aryl methyl sites for hydroxylation is 1. The van der Waals surface area contributed by atoms with Gasteiger partial charge < -0.3 is 9.84 Å². The van der Waals surface area contributed by atoms with E-state index in [0.717, 1.165) is 10.6 Å². The maximum absolute atomic E-state index is 12.6. The van der Waals surface area contributed by atoms with Crippen LogP contribution in [0.15, 0.2) is 29.4 Å². The second kappa shape index (κ2) is 6.27. The molecule has 1 aromatic carbocycles. The molecule has 1 amide bonds. The molecule has 1 aliphatic rings. The van der Waals surface area contributed by atoms with Crippen molar-refractivity contribution in [1.82, 2.24) is 5.01 Å².